The van der Waals surface area contributed by atoms with Gasteiger partial charge in [0.1, 0.15) is 10.6 Å². The second kappa shape index (κ2) is 7.85. The van der Waals surface area contributed by atoms with Crippen LogP contribution in [0.5, 0.6) is 0 Å². The molecule has 0 atom stereocenters. The van der Waals surface area contributed by atoms with Crippen molar-refractivity contribution in [3.63, 3.8) is 0 Å². The van der Waals surface area contributed by atoms with E-state index in [0.29, 0.717) is 17.9 Å². The maximum absolute atomic E-state index is 13.7. The maximum Gasteiger partial charge on any atom is 0.268 e. The summed E-state index contributed by atoms with van der Waals surface area (Å²) in [5, 5.41) is 6.56. The normalized spacial score (nSPS) is 11.5. The molecule has 5 nitrogen and oxygen atoms in total. The van der Waals surface area contributed by atoms with Gasteiger partial charge < -0.3 is 0 Å². The van der Waals surface area contributed by atoms with Crippen LogP contribution < -0.4 is 4.31 Å². The SMILES string of the molecule is CCN(c1cccc(C)c1)S(=O)(=O)c1cn(-c2ccccc2)nc1-c1cccs1. The zero-order chi connectivity index (χ0) is 20.4. The topological polar surface area (TPSA) is 55.2 Å². The van der Waals surface area contributed by atoms with Gasteiger partial charge in [0.2, 0.25) is 0 Å². The van der Waals surface area contributed by atoms with E-state index < -0.39 is 10.0 Å². The average molecular weight is 424 g/mol. The Morgan fingerprint density at radius 1 is 1.03 bits per heavy atom. The minimum absolute atomic E-state index is 0.201. The van der Waals surface area contributed by atoms with Crippen molar-refractivity contribution in [3.8, 4) is 16.3 Å². The monoisotopic (exact) mass is 423 g/mol. The van der Waals surface area contributed by atoms with E-state index in [1.165, 1.54) is 15.6 Å². The molecule has 2 aromatic heterocycles. The molecule has 0 N–H and O–H groups in total. The van der Waals surface area contributed by atoms with Crippen LogP contribution in [0.25, 0.3) is 16.3 Å². The van der Waals surface area contributed by atoms with Crippen molar-refractivity contribution in [1.82, 2.24) is 9.78 Å². The molecule has 0 radical (unpaired) electrons. The second-order valence-corrected chi connectivity index (χ2v) is 9.39. The van der Waals surface area contributed by atoms with E-state index in [2.05, 4.69) is 5.10 Å². The third-order valence-electron chi connectivity index (χ3n) is 4.60. The lowest BCUT2D eigenvalue weighted by molar-refractivity contribution is 0.592. The molecule has 0 bridgehead atoms. The number of nitrogens with zero attached hydrogens (tertiary/aromatic N) is 3. The molecule has 7 heteroatoms. The van der Waals surface area contributed by atoms with Gasteiger partial charge in [0.15, 0.2) is 0 Å². The van der Waals surface area contributed by atoms with Crippen LogP contribution in [0.2, 0.25) is 0 Å². The lowest BCUT2D eigenvalue weighted by atomic mass is 10.2. The molecule has 0 aliphatic carbocycles. The van der Waals surface area contributed by atoms with Crippen LogP contribution in [0.15, 0.2) is 83.2 Å². The Labute approximate surface area is 174 Å². The Hall–Kier alpha value is -2.90. The van der Waals surface area contributed by atoms with Crippen molar-refractivity contribution in [2.24, 2.45) is 0 Å². The lowest BCUT2D eigenvalue weighted by Crippen LogP contribution is -2.31. The summed E-state index contributed by atoms with van der Waals surface area (Å²) in [6.07, 6.45) is 1.61. The Morgan fingerprint density at radius 2 is 1.83 bits per heavy atom. The first kappa shape index (κ1) is 19.4. The molecule has 0 aliphatic heterocycles. The van der Waals surface area contributed by atoms with Gasteiger partial charge >= 0.3 is 0 Å². The molecule has 0 aliphatic rings. The molecule has 148 valence electrons. The van der Waals surface area contributed by atoms with Gasteiger partial charge in [-0.3, -0.25) is 4.31 Å². The molecule has 4 rings (SSSR count). The largest absolute Gasteiger partial charge is 0.268 e. The van der Waals surface area contributed by atoms with Crippen LogP contribution in [-0.4, -0.2) is 24.7 Å². The molecule has 2 heterocycles. The lowest BCUT2D eigenvalue weighted by Gasteiger charge is -2.23. The summed E-state index contributed by atoms with van der Waals surface area (Å²) >= 11 is 1.47. The number of benzene rings is 2. The molecular formula is C22H21N3O2S2. The van der Waals surface area contributed by atoms with E-state index in [4.69, 9.17) is 0 Å². The fourth-order valence-electron chi connectivity index (χ4n) is 3.24. The number of anilines is 1. The molecule has 2 aromatic carbocycles. The zero-order valence-corrected chi connectivity index (χ0v) is 17.8. The first-order valence-electron chi connectivity index (χ1n) is 9.29. The summed E-state index contributed by atoms with van der Waals surface area (Å²) < 4.78 is 30.5. The molecule has 0 saturated carbocycles. The highest BCUT2D eigenvalue weighted by molar-refractivity contribution is 7.93. The van der Waals surface area contributed by atoms with E-state index in [1.54, 1.807) is 10.9 Å². The fourth-order valence-corrected chi connectivity index (χ4v) is 5.62. The standard InChI is InChI=1S/C22H21N3O2S2/c1-3-25(19-12-7-9-17(2)15-19)29(26,27)21-16-24(18-10-5-4-6-11-18)23-22(21)20-13-8-14-28-20/h4-16H,3H2,1-2H3. The first-order valence-corrected chi connectivity index (χ1v) is 11.6. The van der Waals surface area contributed by atoms with Gasteiger partial charge in [-0.1, -0.05) is 36.4 Å². The van der Waals surface area contributed by atoms with Crippen LogP contribution in [0.1, 0.15) is 12.5 Å². The van der Waals surface area contributed by atoms with Gasteiger partial charge in [-0.2, -0.15) is 5.10 Å². The summed E-state index contributed by atoms with van der Waals surface area (Å²) in [4.78, 5) is 1.02. The van der Waals surface area contributed by atoms with Crippen LogP contribution in [-0.2, 0) is 10.0 Å². The number of aryl methyl sites for hydroxylation is 1. The van der Waals surface area contributed by atoms with Crippen LogP contribution in [0.4, 0.5) is 5.69 Å². The van der Waals surface area contributed by atoms with Gasteiger partial charge in [-0.05, 0) is 55.1 Å². The third-order valence-corrected chi connectivity index (χ3v) is 7.38. The van der Waals surface area contributed by atoms with Crippen molar-refractivity contribution in [2.75, 3.05) is 10.8 Å². The van der Waals surface area contributed by atoms with Crippen molar-refractivity contribution in [2.45, 2.75) is 18.7 Å². The van der Waals surface area contributed by atoms with Gasteiger partial charge in [-0.15, -0.1) is 11.3 Å². The molecule has 0 fully saturated rings. The van der Waals surface area contributed by atoms with E-state index in [-0.39, 0.29) is 4.90 Å². The van der Waals surface area contributed by atoms with E-state index >= 15 is 0 Å². The summed E-state index contributed by atoms with van der Waals surface area (Å²) in [5.41, 5.74) is 2.94. The van der Waals surface area contributed by atoms with Crippen LogP contribution in [0, 0.1) is 6.92 Å². The molecule has 0 unspecified atom stereocenters. The summed E-state index contributed by atoms with van der Waals surface area (Å²) in [7, 11) is -3.81. The van der Waals surface area contributed by atoms with E-state index in [1.807, 2.05) is 86.0 Å². The number of para-hydroxylation sites is 1. The summed E-state index contributed by atoms with van der Waals surface area (Å²) in [6.45, 7) is 4.12. The molecule has 4 aromatic rings. The summed E-state index contributed by atoms with van der Waals surface area (Å²) in [5.74, 6) is 0. The highest BCUT2D eigenvalue weighted by Crippen LogP contribution is 2.34. The minimum atomic E-state index is -3.81. The van der Waals surface area contributed by atoms with Crippen molar-refractivity contribution >= 4 is 27.0 Å². The zero-order valence-electron chi connectivity index (χ0n) is 16.2. The Balaban J connectivity index is 1.89. The Kier molecular flexibility index (Phi) is 5.25. The van der Waals surface area contributed by atoms with Crippen LogP contribution >= 0.6 is 11.3 Å². The highest BCUT2D eigenvalue weighted by atomic mass is 32.2. The first-order chi connectivity index (χ1) is 14.0. The quantitative estimate of drug-likeness (QED) is 0.432. The number of sulfonamides is 1. The van der Waals surface area contributed by atoms with Crippen molar-refractivity contribution in [1.29, 1.82) is 0 Å². The number of rotatable bonds is 6. The maximum atomic E-state index is 13.7. The molecular weight excluding hydrogens is 402 g/mol. The predicted octanol–water partition coefficient (Wildman–Crippen LogP) is 5.12. The van der Waals surface area contributed by atoms with Crippen LogP contribution in [0.3, 0.4) is 0 Å². The highest BCUT2D eigenvalue weighted by Gasteiger charge is 2.30. The fraction of sp³-hybridized carbons (Fsp3) is 0.136. The smallest absolute Gasteiger partial charge is 0.266 e. The predicted molar refractivity (Wildman–Crippen MR) is 118 cm³/mol. The average Bonchev–Trinajstić information content (AvgIpc) is 3.39. The Morgan fingerprint density at radius 3 is 2.48 bits per heavy atom. The number of hydrogen-bond donors (Lipinski definition) is 0. The number of aromatic nitrogens is 2. The molecule has 0 amide bonds. The Bertz CT molecular complexity index is 1210. The summed E-state index contributed by atoms with van der Waals surface area (Å²) in [6, 6.07) is 20.8. The van der Waals surface area contributed by atoms with Gasteiger partial charge in [0, 0.05) is 6.54 Å². The third kappa shape index (κ3) is 3.71. The van der Waals surface area contributed by atoms with E-state index in [0.717, 1.165) is 16.1 Å². The molecule has 29 heavy (non-hydrogen) atoms. The number of thiophene rings is 1. The second-order valence-electron chi connectivity index (χ2n) is 6.61. The van der Waals surface area contributed by atoms with Crippen molar-refractivity contribution in [3.05, 3.63) is 83.9 Å². The van der Waals surface area contributed by atoms with E-state index in [9.17, 15) is 8.42 Å². The van der Waals surface area contributed by atoms with Gasteiger partial charge in [0.05, 0.1) is 22.4 Å². The minimum Gasteiger partial charge on any atom is -0.266 e. The van der Waals surface area contributed by atoms with Gasteiger partial charge in [-0.25, -0.2) is 13.1 Å². The molecule has 0 spiro atoms. The van der Waals surface area contributed by atoms with Gasteiger partial charge in [0.25, 0.3) is 10.0 Å². The molecule has 0 saturated heterocycles. The number of hydrogen-bond acceptors (Lipinski definition) is 4. The van der Waals surface area contributed by atoms with Crippen molar-refractivity contribution < 1.29 is 8.42 Å².